The van der Waals surface area contributed by atoms with Gasteiger partial charge in [-0.1, -0.05) is 0 Å². The highest BCUT2D eigenvalue weighted by atomic mass is 16.5. The van der Waals surface area contributed by atoms with Gasteiger partial charge >= 0.3 is 0 Å². The lowest BCUT2D eigenvalue weighted by atomic mass is 10.1. The molecule has 0 aliphatic carbocycles. The average Bonchev–Trinajstić information content (AvgIpc) is 2.45. The van der Waals surface area contributed by atoms with Crippen molar-refractivity contribution in [3.05, 3.63) is 36.0 Å². The topological polar surface area (TPSA) is 62.7 Å². The molecule has 0 fully saturated rings. The van der Waals surface area contributed by atoms with Crippen molar-refractivity contribution in [2.24, 2.45) is 0 Å². The third-order valence-corrected chi connectivity index (χ3v) is 2.92. The lowest BCUT2D eigenvalue weighted by Crippen LogP contribution is -2.29. The number of benzene rings is 1. The molecule has 1 aromatic carbocycles. The molecule has 1 heterocycles. The maximum absolute atomic E-state index is 12.1. The number of aliphatic hydroxyl groups is 1. The van der Waals surface area contributed by atoms with Crippen LogP contribution in [0.3, 0.4) is 0 Å². The van der Waals surface area contributed by atoms with Crippen LogP contribution in [-0.2, 0) is 0 Å². The highest BCUT2D eigenvalue weighted by Crippen LogP contribution is 2.20. The number of amides is 1. The Balaban J connectivity index is 2.34. The highest BCUT2D eigenvalue weighted by Gasteiger charge is 2.12. The van der Waals surface area contributed by atoms with E-state index in [1.54, 1.807) is 20.2 Å². The summed E-state index contributed by atoms with van der Waals surface area (Å²) in [6, 6.07) is 7.30. The summed E-state index contributed by atoms with van der Waals surface area (Å²) in [6.45, 7) is 0.250. The van der Waals surface area contributed by atoms with Crippen LogP contribution in [0, 0.1) is 0 Å². The van der Waals surface area contributed by atoms with Gasteiger partial charge in [-0.3, -0.25) is 9.78 Å². The molecule has 0 unspecified atom stereocenters. The third kappa shape index (κ3) is 2.82. The fourth-order valence-corrected chi connectivity index (χ4v) is 1.82. The number of fused-ring (bicyclic) bond motifs is 1. The third-order valence-electron chi connectivity index (χ3n) is 2.92. The summed E-state index contributed by atoms with van der Waals surface area (Å²) in [6.07, 6.45) is 1.54. The van der Waals surface area contributed by atoms with E-state index in [9.17, 15) is 4.79 Å². The van der Waals surface area contributed by atoms with Gasteiger partial charge in [-0.15, -0.1) is 0 Å². The van der Waals surface area contributed by atoms with E-state index >= 15 is 0 Å². The molecule has 2 rings (SSSR count). The molecule has 1 amide bonds. The van der Waals surface area contributed by atoms with Gasteiger partial charge in [0.1, 0.15) is 5.75 Å². The van der Waals surface area contributed by atoms with Crippen LogP contribution in [0.1, 0.15) is 10.4 Å². The maximum atomic E-state index is 12.1. The lowest BCUT2D eigenvalue weighted by Gasteiger charge is -2.15. The molecule has 0 spiro atoms. The smallest absolute Gasteiger partial charge is 0.255 e. The summed E-state index contributed by atoms with van der Waals surface area (Å²) in [5.41, 5.74) is 1.29. The Kier molecular flexibility index (Phi) is 3.97. The minimum Gasteiger partial charge on any atom is -0.497 e. The standard InChI is InChI=1S/C14H16N2O3/c1-16(5-6-17)14(18)11-7-10-3-4-12(19-2)8-13(10)15-9-11/h3-4,7-9,17H,5-6H2,1-2H3. The van der Waals surface area contributed by atoms with E-state index in [1.807, 2.05) is 18.2 Å². The Hall–Kier alpha value is -2.14. The highest BCUT2D eigenvalue weighted by molar-refractivity contribution is 5.97. The first kappa shape index (κ1) is 13.3. The van der Waals surface area contributed by atoms with Gasteiger partial charge in [0.25, 0.3) is 5.91 Å². The second-order valence-electron chi connectivity index (χ2n) is 4.23. The molecule has 0 saturated carbocycles. The molecule has 1 aromatic heterocycles. The molecule has 5 heteroatoms. The molecule has 100 valence electrons. The van der Waals surface area contributed by atoms with Crippen molar-refractivity contribution in [1.82, 2.24) is 9.88 Å². The number of rotatable bonds is 4. The number of carbonyl (C=O) groups excluding carboxylic acids is 1. The fraction of sp³-hybridized carbons (Fsp3) is 0.286. The monoisotopic (exact) mass is 260 g/mol. The Bertz CT molecular complexity index is 598. The summed E-state index contributed by atoms with van der Waals surface area (Å²) >= 11 is 0. The molecule has 2 aromatic rings. The Morgan fingerprint density at radius 2 is 2.21 bits per heavy atom. The summed E-state index contributed by atoms with van der Waals surface area (Å²) in [5, 5.41) is 9.72. The van der Waals surface area contributed by atoms with Gasteiger partial charge in [0.2, 0.25) is 0 Å². The van der Waals surface area contributed by atoms with E-state index in [-0.39, 0.29) is 12.5 Å². The number of aliphatic hydroxyl groups excluding tert-OH is 1. The zero-order valence-corrected chi connectivity index (χ0v) is 11.0. The molecule has 0 atom stereocenters. The maximum Gasteiger partial charge on any atom is 0.255 e. The van der Waals surface area contributed by atoms with Gasteiger partial charge in [0.05, 0.1) is 24.8 Å². The van der Waals surface area contributed by atoms with Crippen LogP contribution in [0.25, 0.3) is 10.9 Å². The minimum atomic E-state index is -0.153. The normalized spacial score (nSPS) is 10.5. The van der Waals surface area contributed by atoms with Crippen LogP contribution in [0.5, 0.6) is 5.75 Å². The molecule has 0 saturated heterocycles. The first-order chi connectivity index (χ1) is 9.15. The lowest BCUT2D eigenvalue weighted by molar-refractivity contribution is 0.0767. The van der Waals surface area contributed by atoms with Crippen LogP contribution in [0.4, 0.5) is 0 Å². The number of hydrogen-bond acceptors (Lipinski definition) is 4. The Morgan fingerprint density at radius 3 is 2.89 bits per heavy atom. The fourth-order valence-electron chi connectivity index (χ4n) is 1.82. The van der Waals surface area contributed by atoms with Crippen molar-refractivity contribution < 1.29 is 14.6 Å². The van der Waals surface area contributed by atoms with Crippen LogP contribution in [-0.4, -0.2) is 48.2 Å². The molecule has 0 radical (unpaired) electrons. The van der Waals surface area contributed by atoms with Crippen LogP contribution >= 0.6 is 0 Å². The van der Waals surface area contributed by atoms with E-state index < -0.39 is 0 Å². The molecule has 0 bridgehead atoms. The number of carbonyl (C=O) groups is 1. The summed E-state index contributed by atoms with van der Waals surface area (Å²) in [7, 11) is 3.25. The van der Waals surface area contributed by atoms with E-state index in [4.69, 9.17) is 9.84 Å². The SMILES string of the molecule is COc1ccc2cc(C(=O)N(C)CCO)cnc2c1. The molecule has 1 N–H and O–H groups in total. The molecular weight excluding hydrogens is 244 g/mol. The van der Waals surface area contributed by atoms with Crippen molar-refractivity contribution in [3.63, 3.8) is 0 Å². The number of methoxy groups -OCH3 is 1. The van der Waals surface area contributed by atoms with E-state index in [1.165, 1.54) is 11.1 Å². The summed E-state index contributed by atoms with van der Waals surface area (Å²) in [5.74, 6) is 0.579. The molecule has 0 aliphatic heterocycles. The van der Waals surface area contributed by atoms with Gasteiger partial charge in [-0.25, -0.2) is 0 Å². The second kappa shape index (κ2) is 5.67. The van der Waals surface area contributed by atoms with Gasteiger partial charge in [-0.05, 0) is 18.2 Å². The predicted octanol–water partition coefficient (Wildman–Crippen LogP) is 1.31. The summed E-state index contributed by atoms with van der Waals surface area (Å²) < 4.78 is 5.13. The van der Waals surface area contributed by atoms with Crippen LogP contribution < -0.4 is 4.74 Å². The van der Waals surface area contributed by atoms with Crippen LogP contribution in [0.15, 0.2) is 30.5 Å². The zero-order chi connectivity index (χ0) is 13.8. The van der Waals surface area contributed by atoms with Crippen molar-refractivity contribution in [3.8, 4) is 5.75 Å². The Labute approximate surface area is 111 Å². The van der Waals surface area contributed by atoms with Crippen molar-refractivity contribution in [1.29, 1.82) is 0 Å². The van der Waals surface area contributed by atoms with Crippen molar-refractivity contribution in [2.75, 3.05) is 27.3 Å². The van der Waals surface area contributed by atoms with Crippen LogP contribution in [0.2, 0.25) is 0 Å². The van der Waals surface area contributed by atoms with E-state index in [0.29, 0.717) is 12.1 Å². The van der Waals surface area contributed by atoms with Crippen molar-refractivity contribution >= 4 is 16.8 Å². The average molecular weight is 260 g/mol. The number of nitrogens with zero attached hydrogens (tertiary/aromatic N) is 2. The first-order valence-corrected chi connectivity index (χ1v) is 5.96. The quantitative estimate of drug-likeness (QED) is 0.900. The van der Waals surface area contributed by atoms with Gasteiger partial charge in [0, 0.05) is 31.2 Å². The van der Waals surface area contributed by atoms with Gasteiger partial charge < -0.3 is 14.7 Å². The van der Waals surface area contributed by atoms with Gasteiger partial charge in [0.15, 0.2) is 0 Å². The predicted molar refractivity (Wildman–Crippen MR) is 72.3 cm³/mol. The number of likely N-dealkylation sites (N-methyl/N-ethyl adjacent to an activating group) is 1. The van der Waals surface area contributed by atoms with E-state index in [2.05, 4.69) is 4.98 Å². The molecule has 19 heavy (non-hydrogen) atoms. The minimum absolute atomic E-state index is 0.0551. The number of aromatic nitrogens is 1. The van der Waals surface area contributed by atoms with Gasteiger partial charge in [-0.2, -0.15) is 0 Å². The summed E-state index contributed by atoms with van der Waals surface area (Å²) in [4.78, 5) is 17.8. The Morgan fingerprint density at radius 1 is 1.42 bits per heavy atom. The largest absolute Gasteiger partial charge is 0.497 e. The number of hydrogen-bond donors (Lipinski definition) is 1. The second-order valence-corrected chi connectivity index (χ2v) is 4.23. The number of ether oxygens (including phenoxy) is 1. The van der Waals surface area contributed by atoms with Crippen molar-refractivity contribution in [2.45, 2.75) is 0 Å². The molecule has 0 aliphatic rings. The zero-order valence-electron chi connectivity index (χ0n) is 11.0. The number of pyridine rings is 1. The molecule has 5 nitrogen and oxygen atoms in total. The van der Waals surface area contributed by atoms with E-state index in [0.717, 1.165) is 16.7 Å². The molecular formula is C14H16N2O3. The first-order valence-electron chi connectivity index (χ1n) is 5.96.